The van der Waals surface area contributed by atoms with E-state index in [1.54, 1.807) is 19.1 Å². The van der Waals surface area contributed by atoms with E-state index in [4.69, 9.17) is 4.42 Å². The van der Waals surface area contributed by atoms with E-state index in [0.29, 0.717) is 22.1 Å². The molecule has 1 heterocycles. The van der Waals surface area contributed by atoms with Gasteiger partial charge in [-0.05, 0) is 30.7 Å². The second-order valence-corrected chi connectivity index (χ2v) is 5.40. The lowest BCUT2D eigenvalue weighted by atomic mass is 10.0. The number of carbonyl (C=O) groups excluding carboxylic acids is 1. The number of hydrogen-bond donors (Lipinski definition) is 2. The summed E-state index contributed by atoms with van der Waals surface area (Å²) in [5.41, 5.74) is 1.58. The summed E-state index contributed by atoms with van der Waals surface area (Å²) in [5, 5.41) is 13.7. The van der Waals surface area contributed by atoms with E-state index >= 15 is 0 Å². The Morgan fingerprint density at radius 2 is 1.87 bits per heavy atom. The zero-order valence-corrected chi connectivity index (χ0v) is 12.5. The molecule has 0 aliphatic rings. The molecule has 2 unspecified atom stereocenters. The molecule has 3 aromatic rings. The molecule has 4 nitrogen and oxygen atoms in total. The summed E-state index contributed by atoms with van der Waals surface area (Å²) in [6.07, 6.45) is 0.467. The number of para-hydroxylation sites is 1. The first kappa shape index (κ1) is 15.2. The highest BCUT2D eigenvalue weighted by Crippen LogP contribution is 2.22. The van der Waals surface area contributed by atoms with Crippen LogP contribution >= 0.6 is 0 Å². The van der Waals surface area contributed by atoms with Crippen LogP contribution in [0.1, 0.15) is 28.9 Å². The average Bonchev–Trinajstić information content (AvgIpc) is 2.99. The maximum absolute atomic E-state index is 12.9. The van der Waals surface area contributed by atoms with Gasteiger partial charge >= 0.3 is 0 Å². The summed E-state index contributed by atoms with van der Waals surface area (Å²) >= 11 is 0. The van der Waals surface area contributed by atoms with Crippen molar-refractivity contribution in [3.05, 3.63) is 71.7 Å². The number of aliphatic hydroxyl groups is 1. The topological polar surface area (TPSA) is 62.5 Å². The Hall–Kier alpha value is -2.66. The number of halogens is 1. The van der Waals surface area contributed by atoms with Crippen LogP contribution < -0.4 is 5.32 Å². The third-order valence-corrected chi connectivity index (χ3v) is 3.77. The number of nitrogens with one attached hydrogen (secondary N) is 1. The lowest BCUT2D eigenvalue weighted by molar-refractivity contribution is 0.0852. The molecule has 1 amide bonds. The van der Waals surface area contributed by atoms with Gasteiger partial charge in [-0.3, -0.25) is 4.79 Å². The molecule has 118 valence electrons. The van der Waals surface area contributed by atoms with Gasteiger partial charge in [-0.25, -0.2) is 4.39 Å². The van der Waals surface area contributed by atoms with Crippen molar-refractivity contribution in [2.75, 3.05) is 0 Å². The fraction of sp³-hybridized carbons (Fsp3) is 0.167. The maximum atomic E-state index is 12.9. The minimum atomic E-state index is -0.933. The van der Waals surface area contributed by atoms with Crippen LogP contribution in [0.3, 0.4) is 0 Å². The fourth-order valence-corrected chi connectivity index (χ4v) is 2.47. The fourth-order valence-electron chi connectivity index (χ4n) is 2.47. The molecule has 0 radical (unpaired) electrons. The van der Waals surface area contributed by atoms with Crippen LogP contribution in [0, 0.1) is 5.82 Å². The molecule has 1 aromatic heterocycles. The number of rotatable bonds is 4. The van der Waals surface area contributed by atoms with Crippen molar-refractivity contribution in [2.24, 2.45) is 0 Å². The number of amides is 1. The molecule has 0 saturated carbocycles. The summed E-state index contributed by atoms with van der Waals surface area (Å²) in [6, 6.07) is 12.2. The zero-order chi connectivity index (χ0) is 16.4. The summed E-state index contributed by atoms with van der Waals surface area (Å²) in [7, 11) is 0. The number of benzene rings is 2. The van der Waals surface area contributed by atoms with Crippen LogP contribution in [0.4, 0.5) is 4.39 Å². The molecule has 5 heteroatoms. The van der Waals surface area contributed by atoms with Gasteiger partial charge in [-0.15, -0.1) is 0 Å². The van der Waals surface area contributed by atoms with Crippen LogP contribution in [0.5, 0.6) is 0 Å². The molecule has 0 saturated heterocycles. The van der Waals surface area contributed by atoms with Crippen LogP contribution in [0.15, 0.2) is 59.2 Å². The summed E-state index contributed by atoms with van der Waals surface area (Å²) in [4.78, 5) is 12.4. The van der Waals surface area contributed by atoms with Crippen LogP contribution in [0.2, 0.25) is 0 Å². The Labute approximate surface area is 132 Å². The van der Waals surface area contributed by atoms with Gasteiger partial charge in [0, 0.05) is 5.39 Å². The van der Waals surface area contributed by atoms with E-state index in [0.717, 1.165) is 0 Å². The van der Waals surface area contributed by atoms with Gasteiger partial charge in [0.05, 0.1) is 17.7 Å². The SMILES string of the molecule is CC(NC(=O)c1coc2ccccc12)C(O)c1ccc(F)cc1. The largest absolute Gasteiger partial charge is 0.463 e. The molecule has 0 aliphatic heterocycles. The summed E-state index contributed by atoms with van der Waals surface area (Å²) in [5.74, 6) is -0.703. The summed E-state index contributed by atoms with van der Waals surface area (Å²) < 4.78 is 18.3. The van der Waals surface area contributed by atoms with Crippen molar-refractivity contribution in [1.82, 2.24) is 5.32 Å². The molecule has 2 N–H and O–H groups in total. The standard InChI is InChI=1S/C18H16FNO3/c1-11(17(21)12-6-8-13(19)9-7-12)20-18(22)15-10-23-16-5-3-2-4-14(15)16/h2-11,17,21H,1H3,(H,20,22). The molecule has 23 heavy (non-hydrogen) atoms. The highest BCUT2D eigenvalue weighted by molar-refractivity contribution is 6.05. The normalized spacial score (nSPS) is 13.7. The Bertz CT molecular complexity index is 826. The average molecular weight is 313 g/mol. The molecular weight excluding hydrogens is 297 g/mol. The van der Waals surface area contributed by atoms with Crippen molar-refractivity contribution in [3.8, 4) is 0 Å². The molecule has 2 aromatic carbocycles. The zero-order valence-electron chi connectivity index (χ0n) is 12.5. The first-order valence-electron chi connectivity index (χ1n) is 7.27. The molecule has 0 spiro atoms. The van der Waals surface area contributed by atoms with Gasteiger partial charge in [0.2, 0.25) is 0 Å². The number of fused-ring (bicyclic) bond motifs is 1. The van der Waals surface area contributed by atoms with Crippen molar-refractivity contribution in [2.45, 2.75) is 19.1 Å². The lowest BCUT2D eigenvalue weighted by Gasteiger charge is -2.20. The predicted octanol–water partition coefficient (Wildman–Crippen LogP) is 3.42. The molecule has 3 rings (SSSR count). The molecule has 2 atom stereocenters. The highest BCUT2D eigenvalue weighted by atomic mass is 19.1. The van der Waals surface area contributed by atoms with Crippen molar-refractivity contribution >= 4 is 16.9 Å². The second-order valence-electron chi connectivity index (χ2n) is 5.40. The maximum Gasteiger partial charge on any atom is 0.255 e. The van der Waals surface area contributed by atoms with E-state index in [9.17, 15) is 14.3 Å². The van der Waals surface area contributed by atoms with Gasteiger partial charge in [0.15, 0.2) is 0 Å². The minimum absolute atomic E-state index is 0.330. The van der Waals surface area contributed by atoms with Crippen molar-refractivity contribution in [3.63, 3.8) is 0 Å². The second kappa shape index (κ2) is 6.22. The van der Waals surface area contributed by atoms with Crippen LogP contribution in [0.25, 0.3) is 11.0 Å². The third kappa shape index (κ3) is 3.10. The van der Waals surface area contributed by atoms with Gasteiger partial charge in [-0.2, -0.15) is 0 Å². The highest BCUT2D eigenvalue weighted by Gasteiger charge is 2.21. The van der Waals surface area contributed by atoms with E-state index in [1.165, 1.54) is 30.5 Å². The quantitative estimate of drug-likeness (QED) is 0.776. The number of aliphatic hydroxyl groups excluding tert-OH is 1. The Morgan fingerprint density at radius 1 is 1.17 bits per heavy atom. The van der Waals surface area contributed by atoms with Gasteiger partial charge < -0.3 is 14.8 Å². The van der Waals surface area contributed by atoms with Crippen LogP contribution in [-0.4, -0.2) is 17.1 Å². The first-order chi connectivity index (χ1) is 11.1. The third-order valence-electron chi connectivity index (χ3n) is 3.77. The van der Waals surface area contributed by atoms with E-state index < -0.39 is 12.1 Å². The monoisotopic (exact) mass is 313 g/mol. The predicted molar refractivity (Wildman–Crippen MR) is 84.5 cm³/mol. The Balaban J connectivity index is 1.75. The molecule has 0 bridgehead atoms. The van der Waals surface area contributed by atoms with E-state index in [-0.39, 0.29) is 11.7 Å². The van der Waals surface area contributed by atoms with Gasteiger partial charge in [-0.1, -0.05) is 30.3 Å². The molecule has 0 aliphatic carbocycles. The number of furan rings is 1. The first-order valence-corrected chi connectivity index (χ1v) is 7.27. The Kier molecular flexibility index (Phi) is 4.12. The number of hydrogen-bond acceptors (Lipinski definition) is 3. The van der Waals surface area contributed by atoms with Gasteiger partial charge in [0.1, 0.15) is 17.7 Å². The Morgan fingerprint density at radius 3 is 2.61 bits per heavy atom. The summed E-state index contributed by atoms with van der Waals surface area (Å²) in [6.45, 7) is 1.69. The molecular formula is C18H16FNO3. The van der Waals surface area contributed by atoms with Gasteiger partial charge in [0.25, 0.3) is 5.91 Å². The van der Waals surface area contributed by atoms with Crippen molar-refractivity contribution < 1.29 is 18.7 Å². The number of carbonyl (C=O) groups is 1. The van der Waals surface area contributed by atoms with E-state index in [1.807, 2.05) is 12.1 Å². The van der Waals surface area contributed by atoms with Crippen LogP contribution in [-0.2, 0) is 0 Å². The van der Waals surface area contributed by atoms with Crippen molar-refractivity contribution in [1.29, 1.82) is 0 Å². The molecule has 0 fully saturated rings. The van der Waals surface area contributed by atoms with E-state index in [2.05, 4.69) is 5.32 Å². The smallest absolute Gasteiger partial charge is 0.255 e. The minimum Gasteiger partial charge on any atom is -0.463 e. The lowest BCUT2D eigenvalue weighted by Crippen LogP contribution is -2.37.